The van der Waals surface area contributed by atoms with Gasteiger partial charge in [-0.3, -0.25) is 4.79 Å². The largest absolute Gasteiger partial charge is 0.465 e. The Morgan fingerprint density at radius 2 is 2.10 bits per heavy atom. The first-order valence-electron chi connectivity index (χ1n) is 6.58. The molecular weight excluding hydrogens is 264 g/mol. The van der Waals surface area contributed by atoms with Gasteiger partial charge in [-0.2, -0.15) is 4.80 Å². The third-order valence-electron chi connectivity index (χ3n) is 3.20. The molecule has 1 aromatic rings. The summed E-state index contributed by atoms with van der Waals surface area (Å²) in [5.74, 6) is -0.287. The topological polar surface area (TPSA) is 116 Å². The first kappa shape index (κ1) is 14.2. The van der Waals surface area contributed by atoms with Gasteiger partial charge in [0.05, 0.1) is 6.61 Å². The van der Waals surface area contributed by atoms with E-state index in [0.717, 1.165) is 0 Å². The highest BCUT2D eigenvalue weighted by atomic mass is 16.5. The molecule has 2 heterocycles. The number of nitrogens with zero attached hydrogens (tertiary/aromatic N) is 5. The SMILES string of the molecule is CCOC(=O)Cn1nnc(N2CCC(C(N)=O)CC2)n1. The smallest absolute Gasteiger partial charge is 0.329 e. The van der Waals surface area contributed by atoms with Crippen LogP contribution in [0.5, 0.6) is 0 Å². The highest BCUT2D eigenvalue weighted by molar-refractivity contribution is 5.76. The number of primary amides is 1. The van der Waals surface area contributed by atoms with Crippen molar-refractivity contribution >= 4 is 17.8 Å². The Balaban J connectivity index is 1.90. The van der Waals surface area contributed by atoms with Crippen LogP contribution in [0, 0.1) is 5.92 Å². The van der Waals surface area contributed by atoms with E-state index in [2.05, 4.69) is 15.4 Å². The predicted octanol–water partition coefficient (Wildman–Crippen LogP) is -1.06. The van der Waals surface area contributed by atoms with Crippen LogP contribution >= 0.6 is 0 Å². The molecule has 2 rings (SSSR count). The number of hydrogen-bond donors (Lipinski definition) is 1. The quantitative estimate of drug-likeness (QED) is 0.684. The van der Waals surface area contributed by atoms with Gasteiger partial charge in [-0.15, -0.1) is 5.10 Å². The summed E-state index contributed by atoms with van der Waals surface area (Å²) in [5, 5.41) is 11.8. The number of nitrogens with two attached hydrogens (primary N) is 1. The Bertz CT molecular complexity index is 480. The van der Waals surface area contributed by atoms with Crippen LogP contribution in [0.4, 0.5) is 5.95 Å². The van der Waals surface area contributed by atoms with Gasteiger partial charge in [0.2, 0.25) is 5.91 Å². The second kappa shape index (κ2) is 6.31. The van der Waals surface area contributed by atoms with Crippen LogP contribution in [0.2, 0.25) is 0 Å². The summed E-state index contributed by atoms with van der Waals surface area (Å²) >= 11 is 0. The lowest BCUT2D eigenvalue weighted by molar-refractivity contribution is -0.144. The molecule has 1 fully saturated rings. The van der Waals surface area contributed by atoms with E-state index in [1.165, 1.54) is 4.80 Å². The number of rotatable bonds is 5. The van der Waals surface area contributed by atoms with Crippen molar-refractivity contribution in [2.24, 2.45) is 11.7 Å². The van der Waals surface area contributed by atoms with Crippen molar-refractivity contribution in [3.8, 4) is 0 Å². The fourth-order valence-corrected chi connectivity index (χ4v) is 2.11. The molecule has 1 aliphatic rings. The fourth-order valence-electron chi connectivity index (χ4n) is 2.11. The van der Waals surface area contributed by atoms with Gasteiger partial charge < -0.3 is 15.4 Å². The minimum atomic E-state index is -0.399. The van der Waals surface area contributed by atoms with Crippen molar-refractivity contribution in [3.05, 3.63) is 0 Å². The van der Waals surface area contributed by atoms with E-state index in [4.69, 9.17) is 10.5 Å². The normalized spacial score (nSPS) is 16.1. The van der Waals surface area contributed by atoms with E-state index in [-0.39, 0.29) is 18.4 Å². The van der Waals surface area contributed by atoms with Gasteiger partial charge in [-0.1, -0.05) is 5.10 Å². The summed E-state index contributed by atoms with van der Waals surface area (Å²) in [4.78, 5) is 25.5. The van der Waals surface area contributed by atoms with Crippen molar-refractivity contribution in [3.63, 3.8) is 0 Å². The maximum atomic E-state index is 11.3. The van der Waals surface area contributed by atoms with E-state index < -0.39 is 5.97 Å². The van der Waals surface area contributed by atoms with Crippen LogP contribution < -0.4 is 10.6 Å². The molecule has 0 aromatic carbocycles. The number of ether oxygens (including phenoxy) is 1. The van der Waals surface area contributed by atoms with Gasteiger partial charge in [0, 0.05) is 19.0 Å². The molecule has 0 bridgehead atoms. The average Bonchev–Trinajstić information content (AvgIpc) is 2.87. The van der Waals surface area contributed by atoms with E-state index in [1.807, 2.05) is 4.90 Å². The standard InChI is InChI=1S/C11H18N6O3/c1-2-20-9(18)7-17-14-11(13-15-17)16-5-3-8(4-6-16)10(12)19/h8H,2-7H2,1H3,(H2,12,19). The number of carbonyl (C=O) groups is 2. The summed E-state index contributed by atoms with van der Waals surface area (Å²) in [6.07, 6.45) is 1.36. The lowest BCUT2D eigenvalue weighted by Gasteiger charge is -2.29. The number of hydrogen-bond acceptors (Lipinski definition) is 7. The number of piperidine rings is 1. The van der Waals surface area contributed by atoms with Crippen LogP contribution in [0.15, 0.2) is 0 Å². The van der Waals surface area contributed by atoms with Crippen LogP contribution in [0.25, 0.3) is 0 Å². The number of esters is 1. The van der Waals surface area contributed by atoms with Gasteiger partial charge in [0.25, 0.3) is 5.95 Å². The Hall–Kier alpha value is -2.19. The van der Waals surface area contributed by atoms with Crippen LogP contribution in [-0.4, -0.2) is 51.8 Å². The maximum absolute atomic E-state index is 11.3. The highest BCUT2D eigenvalue weighted by Crippen LogP contribution is 2.19. The number of amides is 1. The summed E-state index contributed by atoms with van der Waals surface area (Å²) in [5.41, 5.74) is 5.28. The first-order chi connectivity index (χ1) is 9.60. The molecule has 9 heteroatoms. The number of carbonyl (C=O) groups excluding carboxylic acids is 2. The molecule has 0 atom stereocenters. The first-order valence-corrected chi connectivity index (χ1v) is 6.58. The molecule has 0 saturated carbocycles. The molecule has 9 nitrogen and oxygen atoms in total. The monoisotopic (exact) mass is 282 g/mol. The Morgan fingerprint density at radius 3 is 2.70 bits per heavy atom. The molecule has 1 aromatic heterocycles. The maximum Gasteiger partial charge on any atom is 0.329 e. The van der Waals surface area contributed by atoms with Crippen LogP contribution in [-0.2, 0) is 20.9 Å². The second-order valence-corrected chi connectivity index (χ2v) is 4.59. The molecule has 0 unspecified atom stereocenters. The molecule has 1 saturated heterocycles. The number of tetrazole rings is 1. The third-order valence-corrected chi connectivity index (χ3v) is 3.20. The van der Waals surface area contributed by atoms with Gasteiger partial charge in [-0.05, 0) is 25.0 Å². The van der Waals surface area contributed by atoms with E-state index in [9.17, 15) is 9.59 Å². The summed E-state index contributed by atoms with van der Waals surface area (Å²) in [6.45, 7) is 3.30. The molecule has 1 amide bonds. The molecule has 0 aliphatic carbocycles. The summed E-state index contributed by atoms with van der Waals surface area (Å²) in [7, 11) is 0. The van der Waals surface area contributed by atoms with Gasteiger partial charge >= 0.3 is 5.97 Å². The van der Waals surface area contributed by atoms with Gasteiger partial charge in [-0.25, -0.2) is 4.79 Å². The van der Waals surface area contributed by atoms with Crippen molar-refractivity contribution in [2.45, 2.75) is 26.3 Å². The molecule has 20 heavy (non-hydrogen) atoms. The van der Waals surface area contributed by atoms with E-state index >= 15 is 0 Å². The Kier molecular flexibility index (Phi) is 4.49. The van der Waals surface area contributed by atoms with Crippen molar-refractivity contribution in [1.82, 2.24) is 20.2 Å². The Labute approximate surface area is 116 Å². The molecular formula is C11H18N6O3. The second-order valence-electron chi connectivity index (χ2n) is 4.59. The molecule has 110 valence electrons. The van der Waals surface area contributed by atoms with Crippen molar-refractivity contribution in [1.29, 1.82) is 0 Å². The lowest BCUT2D eigenvalue weighted by atomic mass is 9.97. The van der Waals surface area contributed by atoms with E-state index in [1.54, 1.807) is 6.92 Å². The zero-order chi connectivity index (χ0) is 14.5. The number of aromatic nitrogens is 4. The Morgan fingerprint density at radius 1 is 1.40 bits per heavy atom. The summed E-state index contributed by atoms with van der Waals surface area (Å²) < 4.78 is 4.81. The summed E-state index contributed by atoms with van der Waals surface area (Å²) in [6, 6.07) is 0. The molecule has 2 N–H and O–H groups in total. The zero-order valence-electron chi connectivity index (χ0n) is 11.4. The van der Waals surface area contributed by atoms with Gasteiger partial charge in [0.1, 0.15) is 0 Å². The minimum Gasteiger partial charge on any atom is -0.465 e. The lowest BCUT2D eigenvalue weighted by Crippen LogP contribution is -2.39. The van der Waals surface area contributed by atoms with Crippen LogP contribution in [0.3, 0.4) is 0 Å². The predicted molar refractivity (Wildman–Crippen MR) is 68.6 cm³/mol. The molecule has 1 aliphatic heterocycles. The van der Waals surface area contributed by atoms with Crippen molar-refractivity contribution < 1.29 is 14.3 Å². The third kappa shape index (κ3) is 3.43. The number of anilines is 1. The molecule has 0 radical (unpaired) electrons. The van der Waals surface area contributed by atoms with E-state index in [0.29, 0.717) is 38.5 Å². The average molecular weight is 282 g/mol. The van der Waals surface area contributed by atoms with Crippen molar-refractivity contribution in [2.75, 3.05) is 24.6 Å². The highest BCUT2D eigenvalue weighted by Gasteiger charge is 2.25. The molecule has 0 spiro atoms. The fraction of sp³-hybridized carbons (Fsp3) is 0.727. The zero-order valence-corrected chi connectivity index (χ0v) is 11.4. The van der Waals surface area contributed by atoms with Crippen LogP contribution in [0.1, 0.15) is 19.8 Å². The minimum absolute atomic E-state index is 0.0570. The van der Waals surface area contributed by atoms with Gasteiger partial charge in [0.15, 0.2) is 6.54 Å².